The molecule has 1 aromatic carbocycles. The topological polar surface area (TPSA) is 63.1 Å². The number of thioether (sulfide) groups is 1. The van der Waals surface area contributed by atoms with Crippen LogP contribution < -0.4 is 5.32 Å². The Morgan fingerprint density at radius 1 is 1.42 bits per heavy atom. The van der Waals surface area contributed by atoms with Crippen molar-refractivity contribution in [3.8, 4) is 11.4 Å². The molecule has 2 amide bonds. The molecule has 1 N–H and O–H groups in total. The van der Waals surface area contributed by atoms with Crippen molar-refractivity contribution < 1.29 is 4.79 Å². The molecule has 1 aliphatic heterocycles. The molecule has 128 valence electrons. The van der Waals surface area contributed by atoms with Gasteiger partial charge in [-0.1, -0.05) is 12.1 Å². The molecule has 1 saturated heterocycles. The number of hydrogen-bond acceptors (Lipinski definition) is 4. The van der Waals surface area contributed by atoms with E-state index in [1.165, 1.54) is 0 Å². The molecule has 1 aromatic heterocycles. The van der Waals surface area contributed by atoms with Crippen molar-refractivity contribution in [1.29, 1.82) is 0 Å². The molecule has 2 heterocycles. The van der Waals surface area contributed by atoms with Gasteiger partial charge in [0.15, 0.2) is 5.82 Å². The zero-order valence-corrected chi connectivity index (χ0v) is 15.1. The first-order valence-corrected chi connectivity index (χ1v) is 9.34. The summed E-state index contributed by atoms with van der Waals surface area (Å²) in [6, 6.07) is 8.21. The van der Waals surface area contributed by atoms with Crippen LogP contribution in [0, 0.1) is 0 Å². The maximum Gasteiger partial charge on any atom is 0.321 e. The summed E-state index contributed by atoms with van der Waals surface area (Å²) < 4.78 is 2.00. The van der Waals surface area contributed by atoms with Crippen molar-refractivity contribution in [2.45, 2.75) is 32.4 Å². The highest BCUT2D eigenvalue weighted by Gasteiger charge is 2.24. The molecule has 0 unspecified atom stereocenters. The molecule has 0 spiro atoms. The van der Waals surface area contributed by atoms with Gasteiger partial charge in [-0.3, -0.25) is 0 Å². The van der Waals surface area contributed by atoms with Crippen molar-refractivity contribution in [2.24, 2.45) is 0 Å². The number of urea groups is 1. The van der Waals surface area contributed by atoms with Crippen LogP contribution in [0.25, 0.3) is 11.4 Å². The third kappa shape index (κ3) is 3.40. The van der Waals surface area contributed by atoms with Crippen LogP contribution in [-0.4, -0.2) is 50.3 Å². The average Bonchev–Trinajstić information content (AvgIpc) is 3.26. The van der Waals surface area contributed by atoms with Gasteiger partial charge in [-0.05, 0) is 38.2 Å². The van der Waals surface area contributed by atoms with Gasteiger partial charge in [0.05, 0.1) is 5.69 Å². The van der Waals surface area contributed by atoms with Crippen molar-refractivity contribution in [3.63, 3.8) is 0 Å². The number of rotatable bonds is 4. The minimum absolute atomic E-state index is 0.0782. The summed E-state index contributed by atoms with van der Waals surface area (Å²) in [5.41, 5.74) is 1.64. The molecule has 6 nitrogen and oxygen atoms in total. The molecule has 1 fully saturated rings. The van der Waals surface area contributed by atoms with Gasteiger partial charge in [-0.15, -0.1) is 10.2 Å². The number of nitrogens with one attached hydrogen (secondary N) is 1. The van der Waals surface area contributed by atoms with E-state index in [0.717, 1.165) is 35.0 Å². The van der Waals surface area contributed by atoms with E-state index >= 15 is 0 Å². The Morgan fingerprint density at radius 2 is 2.21 bits per heavy atom. The molecular weight excluding hydrogens is 322 g/mol. The molecule has 3 rings (SSSR count). The number of aromatic nitrogens is 3. The van der Waals surface area contributed by atoms with Gasteiger partial charge in [-0.2, -0.15) is 11.8 Å². The van der Waals surface area contributed by atoms with Crippen LogP contribution in [0.2, 0.25) is 0 Å². The monoisotopic (exact) mass is 345 g/mol. The number of hydrogen-bond donors (Lipinski definition) is 1. The zero-order valence-electron chi connectivity index (χ0n) is 14.3. The second-order valence-electron chi connectivity index (χ2n) is 6.26. The van der Waals surface area contributed by atoms with Crippen LogP contribution in [0.5, 0.6) is 0 Å². The van der Waals surface area contributed by atoms with E-state index in [1.54, 1.807) is 6.33 Å². The van der Waals surface area contributed by atoms with Crippen molar-refractivity contribution >= 4 is 23.5 Å². The molecule has 7 heteroatoms. The Bertz CT molecular complexity index is 709. The third-order valence-electron chi connectivity index (χ3n) is 4.31. The molecule has 0 radical (unpaired) electrons. The summed E-state index contributed by atoms with van der Waals surface area (Å²) in [5, 5.41) is 11.3. The van der Waals surface area contributed by atoms with Crippen LogP contribution in [0.3, 0.4) is 0 Å². The summed E-state index contributed by atoms with van der Waals surface area (Å²) >= 11 is 1.90. The van der Waals surface area contributed by atoms with Crippen molar-refractivity contribution in [3.05, 3.63) is 30.6 Å². The maximum atomic E-state index is 12.6. The number of para-hydroxylation sites is 1. The minimum atomic E-state index is -0.0782. The van der Waals surface area contributed by atoms with E-state index in [1.807, 2.05) is 52.5 Å². The second kappa shape index (κ2) is 7.25. The van der Waals surface area contributed by atoms with Crippen LogP contribution in [0.15, 0.2) is 30.6 Å². The van der Waals surface area contributed by atoms with Crippen LogP contribution in [0.4, 0.5) is 10.5 Å². The summed E-state index contributed by atoms with van der Waals surface area (Å²) in [5.74, 6) is 2.89. The highest BCUT2D eigenvalue weighted by atomic mass is 32.2. The summed E-state index contributed by atoms with van der Waals surface area (Å²) in [4.78, 5) is 14.4. The lowest BCUT2D eigenvalue weighted by atomic mass is 10.1. The molecule has 0 saturated carbocycles. The summed E-state index contributed by atoms with van der Waals surface area (Å²) in [7, 11) is 1.87. The first kappa shape index (κ1) is 16.8. The number of carbonyl (C=O) groups is 1. The number of nitrogens with zero attached hydrogens (tertiary/aromatic N) is 4. The summed E-state index contributed by atoms with van der Waals surface area (Å²) in [6.07, 6.45) is 2.78. The Kier molecular flexibility index (Phi) is 5.08. The fraction of sp³-hybridized carbons (Fsp3) is 0.471. The lowest BCUT2D eigenvalue weighted by Crippen LogP contribution is -2.39. The molecule has 1 aliphatic rings. The van der Waals surface area contributed by atoms with E-state index in [2.05, 4.69) is 29.4 Å². The Hall–Kier alpha value is -2.02. The molecule has 0 aliphatic carbocycles. The lowest BCUT2D eigenvalue weighted by molar-refractivity contribution is 0.209. The molecule has 0 bridgehead atoms. The molecule has 2 aromatic rings. The van der Waals surface area contributed by atoms with Gasteiger partial charge in [-0.25, -0.2) is 4.79 Å². The lowest BCUT2D eigenvalue weighted by Gasteiger charge is -2.24. The first-order chi connectivity index (χ1) is 11.6. The van der Waals surface area contributed by atoms with Gasteiger partial charge in [0, 0.05) is 30.4 Å². The first-order valence-electron chi connectivity index (χ1n) is 8.18. The van der Waals surface area contributed by atoms with Crippen LogP contribution in [0.1, 0.15) is 26.3 Å². The smallest absolute Gasteiger partial charge is 0.321 e. The Morgan fingerprint density at radius 3 is 2.92 bits per heavy atom. The predicted octanol–water partition coefficient (Wildman–Crippen LogP) is 3.50. The van der Waals surface area contributed by atoms with E-state index in [9.17, 15) is 4.79 Å². The number of benzene rings is 1. The highest BCUT2D eigenvalue weighted by molar-refractivity contribution is 7.99. The SMILES string of the molecule is CC(C)n1cnnc1-c1ccccc1NC(=O)N(C)[C@@H]1CCSC1. The largest absolute Gasteiger partial charge is 0.324 e. The van der Waals surface area contributed by atoms with Gasteiger partial charge < -0.3 is 14.8 Å². The van der Waals surface area contributed by atoms with Gasteiger partial charge in [0.25, 0.3) is 0 Å². The number of amides is 2. The third-order valence-corrected chi connectivity index (χ3v) is 5.46. The van der Waals surface area contributed by atoms with E-state index in [-0.39, 0.29) is 12.1 Å². The Balaban J connectivity index is 1.84. The number of anilines is 1. The van der Waals surface area contributed by atoms with E-state index < -0.39 is 0 Å². The van der Waals surface area contributed by atoms with E-state index in [0.29, 0.717) is 6.04 Å². The fourth-order valence-electron chi connectivity index (χ4n) is 2.80. The Labute approximate surface area is 146 Å². The van der Waals surface area contributed by atoms with Gasteiger partial charge >= 0.3 is 6.03 Å². The summed E-state index contributed by atoms with van der Waals surface area (Å²) in [6.45, 7) is 4.17. The predicted molar refractivity (Wildman–Crippen MR) is 98.4 cm³/mol. The van der Waals surface area contributed by atoms with Gasteiger partial charge in [0.2, 0.25) is 0 Å². The normalized spacial score (nSPS) is 17.2. The van der Waals surface area contributed by atoms with Crippen molar-refractivity contribution in [2.75, 3.05) is 23.9 Å². The number of carbonyl (C=O) groups excluding carboxylic acids is 1. The van der Waals surface area contributed by atoms with E-state index in [4.69, 9.17) is 0 Å². The van der Waals surface area contributed by atoms with Crippen LogP contribution >= 0.6 is 11.8 Å². The molecule has 24 heavy (non-hydrogen) atoms. The molecular formula is C17H23N5OS. The zero-order chi connectivity index (χ0) is 17.1. The maximum absolute atomic E-state index is 12.6. The highest BCUT2D eigenvalue weighted by Crippen LogP contribution is 2.28. The second-order valence-corrected chi connectivity index (χ2v) is 7.41. The standard InChI is InChI=1S/C17H23N5OS/c1-12(2)22-11-18-20-16(22)14-6-4-5-7-15(14)19-17(23)21(3)13-8-9-24-10-13/h4-7,11-13H,8-10H2,1-3H3,(H,19,23)/t13-/m1/s1. The quantitative estimate of drug-likeness (QED) is 0.921. The fourth-order valence-corrected chi connectivity index (χ4v) is 4.06. The van der Waals surface area contributed by atoms with Crippen LogP contribution in [-0.2, 0) is 0 Å². The average molecular weight is 345 g/mol. The molecule has 1 atom stereocenters. The minimum Gasteiger partial charge on any atom is -0.324 e. The van der Waals surface area contributed by atoms with Crippen molar-refractivity contribution in [1.82, 2.24) is 19.7 Å². The van der Waals surface area contributed by atoms with Gasteiger partial charge in [0.1, 0.15) is 6.33 Å².